The van der Waals surface area contributed by atoms with Gasteiger partial charge in [0.1, 0.15) is 5.75 Å². The molecule has 134 valence electrons. The summed E-state index contributed by atoms with van der Waals surface area (Å²) in [4.78, 5) is 16.5. The number of hydrogen-bond acceptors (Lipinski definition) is 5. The topological polar surface area (TPSA) is 65.0 Å². The minimum atomic E-state index is -0.296. The highest BCUT2D eigenvalue weighted by Gasteiger charge is 2.19. The minimum absolute atomic E-state index is 0.0638. The molecule has 6 nitrogen and oxygen atoms in total. The van der Waals surface area contributed by atoms with Gasteiger partial charge in [-0.1, -0.05) is 18.2 Å². The zero-order chi connectivity index (χ0) is 17.4. The maximum Gasteiger partial charge on any atom is 0.234 e. The lowest BCUT2D eigenvalue weighted by Gasteiger charge is -2.34. The maximum atomic E-state index is 12.1. The zero-order valence-electron chi connectivity index (χ0n) is 14.7. The highest BCUT2D eigenvalue weighted by Crippen LogP contribution is 2.17. The van der Waals surface area contributed by atoms with E-state index in [1.54, 1.807) is 7.11 Å². The average Bonchev–Trinajstić information content (AvgIpc) is 2.56. The van der Waals surface area contributed by atoms with E-state index in [0.29, 0.717) is 19.6 Å². The number of aliphatic hydroxyl groups excluding tert-OH is 1. The molecule has 1 aliphatic heterocycles. The molecule has 1 saturated heterocycles. The van der Waals surface area contributed by atoms with Crippen molar-refractivity contribution in [2.24, 2.45) is 0 Å². The van der Waals surface area contributed by atoms with Gasteiger partial charge in [0.05, 0.1) is 19.8 Å². The fourth-order valence-corrected chi connectivity index (χ4v) is 3.01. The van der Waals surface area contributed by atoms with E-state index in [9.17, 15) is 9.90 Å². The number of nitrogens with zero attached hydrogens (tertiary/aromatic N) is 2. The summed E-state index contributed by atoms with van der Waals surface area (Å²) in [5.74, 6) is 0.926. The van der Waals surface area contributed by atoms with Crippen molar-refractivity contribution in [2.45, 2.75) is 19.4 Å². The van der Waals surface area contributed by atoms with Crippen molar-refractivity contribution in [1.29, 1.82) is 0 Å². The van der Waals surface area contributed by atoms with Gasteiger partial charge in [-0.05, 0) is 25.0 Å². The Morgan fingerprint density at radius 1 is 1.25 bits per heavy atom. The van der Waals surface area contributed by atoms with Crippen molar-refractivity contribution < 1.29 is 14.6 Å². The number of methoxy groups -OCH3 is 1. The number of hydrogen-bond donors (Lipinski definition) is 2. The Balaban J connectivity index is 1.65. The summed E-state index contributed by atoms with van der Waals surface area (Å²) in [5.41, 5.74) is 1.10. The molecule has 1 aromatic carbocycles. The number of benzene rings is 1. The first kappa shape index (κ1) is 18.7. The van der Waals surface area contributed by atoms with Gasteiger partial charge in [0, 0.05) is 39.3 Å². The number of carbonyl (C=O) groups is 1. The lowest BCUT2D eigenvalue weighted by atomic mass is 10.1. The second kappa shape index (κ2) is 9.61. The van der Waals surface area contributed by atoms with Crippen molar-refractivity contribution in [3.8, 4) is 5.75 Å². The van der Waals surface area contributed by atoms with Gasteiger partial charge in [-0.3, -0.25) is 14.6 Å². The number of amides is 1. The van der Waals surface area contributed by atoms with Gasteiger partial charge in [0.15, 0.2) is 0 Å². The first-order valence-corrected chi connectivity index (χ1v) is 8.60. The van der Waals surface area contributed by atoms with Crippen molar-refractivity contribution in [3.63, 3.8) is 0 Å². The number of nitrogens with one attached hydrogen (secondary N) is 1. The normalized spacial score (nSPS) is 17.5. The molecule has 24 heavy (non-hydrogen) atoms. The Bertz CT molecular complexity index is 514. The van der Waals surface area contributed by atoms with Gasteiger partial charge in [0.2, 0.25) is 5.91 Å². The van der Waals surface area contributed by atoms with Crippen LogP contribution in [0.25, 0.3) is 0 Å². The van der Waals surface area contributed by atoms with Crippen LogP contribution >= 0.6 is 0 Å². The molecule has 1 atom stereocenters. The maximum absolute atomic E-state index is 12.1. The van der Waals surface area contributed by atoms with Crippen LogP contribution in [0.1, 0.15) is 12.5 Å². The summed E-state index contributed by atoms with van der Waals surface area (Å²) < 4.78 is 5.32. The predicted molar refractivity (Wildman–Crippen MR) is 94.3 cm³/mol. The van der Waals surface area contributed by atoms with Crippen LogP contribution in [0.3, 0.4) is 0 Å². The summed E-state index contributed by atoms with van der Waals surface area (Å²) >= 11 is 0. The Morgan fingerprint density at radius 3 is 2.58 bits per heavy atom. The quantitative estimate of drug-likeness (QED) is 0.718. The summed E-state index contributed by atoms with van der Waals surface area (Å²) in [5, 5.41) is 12.4. The van der Waals surface area contributed by atoms with Gasteiger partial charge < -0.3 is 15.2 Å². The number of piperazine rings is 1. The SMILES string of the molecule is COc1ccccc1CCNC(=O)CN1CCN(C[C@H](C)O)CC1. The van der Waals surface area contributed by atoms with E-state index in [0.717, 1.165) is 43.9 Å². The summed E-state index contributed by atoms with van der Waals surface area (Å²) in [6.45, 7) is 7.11. The van der Waals surface area contributed by atoms with Crippen LogP contribution in [-0.4, -0.2) is 79.8 Å². The number of carbonyl (C=O) groups excluding carboxylic acids is 1. The number of rotatable bonds is 8. The molecule has 6 heteroatoms. The van der Waals surface area contributed by atoms with Crippen LogP contribution in [-0.2, 0) is 11.2 Å². The highest BCUT2D eigenvalue weighted by atomic mass is 16.5. The molecule has 0 spiro atoms. The molecule has 0 bridgehead atoms. The van der Waals surface area contributed by atoms with Gasteiger partial charge in [-0.25, -0.2) is 0 Å². The monoisotopic (exact) mass is 335 g/mol. The van der Waals surface area contributed by atoms with Gasteiger partial charge in [0.25, 0.3) is 0 Å². The van der Waals surface area contributed by atoms with Crippen LogP contribution in [0.2, 0.25) is 0 Å². The van der Waals surface area contributed by atoms with Crippen LogP contribution in [0.15, 0.2) is 24.3 Å². The number of β-amino-alcohol motifs (C(OH)–C–C–N with tert-alkyl or cyclic N) is 1. The fraction of sp³-hybridized carbons (Fsp3) is 0.611. The van der Waals surface area contributed by atoms with Crippen LogP contribution in [0, 0.1) is 0 Å². The lowest BCUT2D eigenvalue weighted by Crippen LogP contribution is -2.50. The van der Waals surface area contributed by atoms with Crippen LogP contribution < -0.4 is 10.1 Å². The molecule has 0 radical (unpaired) electrons. The average molecular weight is 335 g/mol. The summed E-state index contributed by atoms with van der Waals surface area (Å²) in [6, 6.07) is 7.88. The van der Waals surface area contributed by atoms with Gasteiger partial charge in [-0.15, -0.1) is 0 Å². The van der Waals surface area contributed by atoms with Gasteiger partial charge >= 0.3 is 0 Å². The molecule has 2 rings (SSSR count). The molecular formula is C18H29N3O3. The predicted octanol–water partition coefficient (Wildman–Crippen LogP) is 0.352. The molecule has 1 fully saturated rings. The van der Waals surface area contributed by atoms with Crippen molar-refractivity contribution in [3.05, 3.63) is 29.8 Å². The summed E-state index contributed by atoms with van der Waals surface area (Å²) in [7, 11) is 1.66. The molecule has 2 N–H and O–H groups in total. The van der Waals surface area contributed by atoms with Crippen molar-refractivity contribution in [1.82, 2.24) is 15.1 Å². The molecule has 0 aliphatic carbocycles. The van der Waals surface area contributed by atoms with E-state index in [2.05, 4.69) is 15.1 Å². The molecule has 0 saturated carbocycles. The smallest absolute Gasteiger partial charge is 0.234 e. The molecule has 1 aliphatic rings. The Labute approximate surface area is 144 Å². The van der Waals surface area contributed by atoms with E-state index in [1.807, 2.05) is 31.2 Å². The zero-order valence-corrected chi connectivity index (χ0v) is 14.7. The lowest BCUT2D eigenvalue weighted by molar-refractivity contribution is -0.122. The molecule has 1 heterocycles. The molecule has 1 amide bonds. The Hall–Kier alpha value is -1.63. The Kier molecular flexibility index (Phi) is 7.49. The van der Waals surface area contributed by atoms with E-state index in [-0.39, 0.29) is 12.0 Å². The number of para-hydroxylation sites is 1. The third kappa shape index (κ3) is 6.11. The first-order chi connectivity index (χ1) is 11.6. The molecule has 0 unspecified atom stereocenters. The third-order valence-corrected chi connectivity index (χ3v) is 4.26. The van der Waals surface area contributed by atoms with Crippen molar-refractivity contribution in [2.75, 3.05) is 52.9 Å². The fourth-order valence-electron chi connectivity index (χ4n) is 3.01. The highest BCUT2D eigenvalue weighted by molar-refractivity contribution is 5.78. The van der Waals surface area contributed by atoms with E-state index in [1.165, 1.54) is 0 Å². The first-order valence-electron chi connectivity index (χ1n) is 8.60. The van der Waals surface area contributed by atoms with E-state index < -0.39 is 0 Å². The number of aliphatic hydroxyl groups is 1. The summed E-state index contributed by atoms with van der Waals surface area (Å²) in [6.07, 6.45) is 0.465. The van der Waals surface area contributed by atoms with E-state index >= 15 is 0 Å². The van der Waals surface area contributed by atoms with Gasteiger partial charge in [-0.2, -0.15) is 0 Å². The second-order valence-electron chi connectivity index (χ2n) is 6.34. The Morgan fingerprint density at radius 2 is 1.92 bits per heavy atom. The molecule has 1 aromatic rings. The standard InChI is InChI=1S/C18H29N3O3/c1-15(22)13-20-9-11-21(12-10-20)14-18(23)19-8-7-16-5-3-4-6-17(16)24-2/h3-6,15,22H,7-14H2,1-2H3,(H,19,23)/t15-/m0/s1. The largest absolute Gasteiger partial charge is 0.496 e. The van der Waals surface area contributed by atoms with Crippen LogP contribution in [0.5, 0.6) is 5.75 Å². The number of ether oxygens (including phenoxy) is 1. The van der Waals surface area contributed by atoms with Crippen molar-refractivity contribution >= 4 is 5.91 Å². The molecular weight excluding hydrogens is 306 g/mol. The molecule has 0 aromatic heterocycles. The third-order valence-electron chi connectivity index (χ3n) is 4.26. The minimum Gasteiger partial charge on any atom is -0.496 e. The second-order valence-corrected chi connectivity index (χ2v) is 6.34. The van der Waals surface area contributed by atoms with Crippen LogP contribution in [0.4, 0.5) is 0 Å². The van der Waals surface area contributed by atoms with E-state index in [4.69, 9.17) is 4.74 Å².